The standard InChI is InChI=1S/C10H13NO6S/c1-11(2)9(12)6-18(15,16)5-7-3-4-8(17-7)10(13)14/h3-4H,5-6H2,1-2H3,(H,13,14). The van der Waals surface area contributed by atoms with Crippen LogP contribution in [-0.2, 0) is 20.4 Å². The monoisotopic (exact) mass is 275 g/mol. The molecule has 0 aliphatic heterocycles. The molecule has 18 heavy (non-hydrogen) atoms. The van der Waals surface area contributed by atoms with Gasteiger partial charge in [-0.15, -0.1) is 0 Å². The molecule has 8 heteroatoms. The maximum atomic E-state index is 11.6. The lowest BCUT2D eigenvalue weighted by Gasteiger charge is -2.09. The van der Waals surface area contributed by atoms with Gasteiger partial charge >= 0.3 is 5.97 Å². The number of amides is 1. The molecule has 0 saturated carbocycles. The molecule has 0 aliphatic carbocycles. The van der Waals surface area contributed by atoms with Gasteiger partial charge < -0.3 is 14.4 Å². The first-order chi connectivity index (χ1) is 8.21. The Bertz CT molecular complexity index is 557. The molecule has 1 amide bonds. The van der Waals surface area contributed by atoms with Crippen LogP contribution in [0.4, 0.5) is 0 Å². The van der Waals surface area contributed by atoms with Crippen molar-refractivity contribution in [1.29, 1.82) is 0 Å². The van der Waals surface area contributed by atoms with E-state index in [0.717, 1.165) is 0 Å². The third-order valence-electron chi connectivity index (χ3n) is 2.08. The van der Waals surface area contributed by atoms with Crippen LogP contribution in [-0.4, -0.2) is 50.1 Å². The van der Waals surface area contributed by atoms with Gasteiger partial charge in [0.05, 0.1) is 0 Å². The molecule has 1 N–H and O–H groups in total. The van der Waals surface area contributed by atoms with Crippen LogP contribution in [0.2, 0.25) is 0 Å². The Hall–Kier alpha value is -1.83. The summed E-state index contributed by atoms with van der Waals surface area (Å²) in [7, 11) is -0.766. The van der Waals surface area contributed by atoms with Crippen molar-refractivity contribution in [2.24, 2.45) is 0 Å². The van der Waals surface area contributed by atoms with Gasteiger partial charge in [0.15, 0.2) is 9.84 Å². The van der Waals surface area contributed by atoms with Crippen molar-refractivity contribution in [2.45, 2.75) is 5.75 Å². The molecule has 7 nitrogen and oxygen atoms in total. The largest absolute Gasteiger partial charge is 0.475 e. The quantitative estimate of drug-likeness (QED) is 0.809. The molecule has 0 atom stereocenters. The number of carbonyl (C=O) groups excluding carboxylic acids is 1. The Morgan fingerprint density at radius 1 is 1.33 bits per heavy atom. The average Bonchev–Trinajstić information content (AvgIpc) is 2.64. The molecule has 0 saturated heterocycles. The molecule has 0 fully saturated rings. The third kappa shape index (κ3) is 3.88. The van der Waals surface area contributed by atoms with Crippen LogP contribution in [0.25, 0.3) is 0 Å². The predicted molar refractivity (Wildman–Crippen MR) is 61.9 cm³/mol. The minimum absolute atomic E-state index is 0.000967. The Labute approximate surface area is 104 Å². The second kappa shape index (κ2) is 5.21. The average molecular weight is 275 g/mol. The zero-order valence-electron chi connectivity index (χ0n) is 9.91. The summed E-state index contributed by atoms with van der Waals surface area (Å²) in [6.07, 6.45) is 0. The lowest BCUT2D eigenvalue weighted by molar-refractivity contribution is -0.125. The van der Waals surface area contributed by atoms with Crippen LogP contribution in [0.5, 0.6) is 0 Å². The topological polar surface area (TPSA) is 105 Å². The fourth-order valence-corrected chi connectivity index (χ4v) is 2.48. The van der Waals surface area contributed by atoms with Crippen molar-refractivity contribution < 1.29 is 27.5 Å². The van der Waals surface area contributed by atoms with E-state index in [1.165, 1.54) is 31.1 Å². The molecule has 0 aromatic carbocycles. The van der Waals surface area contributed by atoms with E-state index in [1.54, 1.807) is 0 Å². The molecule has 0 radical (unpaired) electrons. The number of hydrogen-bond acceptors (Lipinski definition) is 5. The molecule has 0 bridgehead atoms. The first kappa shape index (κ1) is 14.2. The molecule has 1 rings (SSSR count). The fraction of sp³-hybridized carbons (Fsp3) is 0.400. The number of nitrogens with zero attached hydrogens (tertiary/aromatic N) is 1. The Morgan fingerprint density at radius 2 is 1.94 bits per heavy atom. The summed E-state index contributed by atoms with van der Waals surface area (Å²) >= 11 is 0. The molecule has 0 aliphatic rings. The van der Waals surface area contributed by atoms with Crippen LogP contribution in [0.15, 0.2) is 16.5 Å². The van der Waals surface area contributed by atoms with E-state index in [1.807, 2.05) is 0 Å². The van der Waals surface area contributed by atoms with Crippen molar-refractivity contribution >= 4 is 21.7 Å². The van der Waals surface area contributed by atoms with Crippen molar-refractivity contribution in [3.63, 3.8) is 0 Å². The van der Waals surface area contributed by atoms with Gasteiger partial charge in [0.2, 0.25) is 11.7 Å². The highest BCUT2D eigenvalue weighted by molar-refractivity contribution is 7.91. The number of sulfone groups is 1. The Balaban J connectivity index is 2.76. The van der Waals surface area contributed by atoms with E-state index in [9.17, 15) is 18.0 Å². The Morgan fingerprint density at radius 3 is 2.39 bits per heavy atom. The zero-order valence-corrected chi connectivity index (χ0v) is 10.7. The number of carbonyl (C=O) groups is 2. The molecule has 1 aromatic rings. The van der Waals surface area contributed by atoms with Crippen LogP contribution >= 0.6 is 0 Å². The van der Waals surface area contributed by atoms with Crippen molar-refractivity contribution in [1.82, 2.24) is 4.90 Å². The van der Waals surface area contributed by atoms with Gasteiger partial charge in [-0.3, -0.25) is 4.79 Å². The number of rotatable bonds is 5. The summed E-state index contributed by atoms with van der Waals surface area (Å²) in [4.78, 5) is 23.0. The third-order valence-corrected chi connectivity index (χ3v) is 3.49. The first-order valence-electron chi connectivity index (χ1n) is 4.94. The SMILES string of the molecule is CN(C)C(=O)CS(=O)(=O)Cc1ccc(C(=O)O)o1. The summed E-state index contributed by atoms with van der Waals surface area (Å²) in [6.45, 7) is 0. The lowest BCUT2D eigenvalue weighted by Crippen LogP contribution is -2.29. The zero-order chi connectivity index (χ0) is 13.9. The second-order valence-electron chi connectivity index (χ2n) is 3.89. The number of aromatic carboxylic acids is 1. The normalized spacial score (nSPS) is 11.2. The van der Waals surface area contributed by atoms with Crippen molar-refractivity contribution in [2.75, 3.05) is 19.8 Å². The number of furan rings is 1. The van der Waals surface area contributed by atoms with E-state index >= 15 is 0 Å². The number of carboxylic acids is 1. The summed E-state index contributed by atoms with van der Waals surface area (Å²) in [5.74, 6) is -3.29. The highest BCUT2D eigenvalue weighted by Crippen LogP contribution is 2.12. The van der Waals surface area contributed by atoms with Gasteiger partial charge in [-0.2, -0.15) is 0 Å². The van der Waals surface area contributed by atoms with Gasteiger partial charge in [-0.25, -0.2) is 13.2 Å². The van der Waals surface area contributed by atoms with E-state index < -0.39 is 33.2 Å². The molecular weight excluding hydrogens is 262 g/mol. The highest BCUT2D eigenvalue weighted by Gasteiger charge is 2.21. The summed E-state index contributed by atoms with van der Waals surface area (Å²) in [6, 6.07) is 2.43. The first-order valence-corrected chi connectivity index (χ1v) is 6.76. The molecular formula is C10H13NO6S. The van der Waals surface area contributed by atoms with E-state index in [4.69, 9.17) is 9.52 Å². The van der Waals surface area contributed by atoms with Crippen LogP contribution in [0.1, 0.15) is 16.3 Å². The van der Waals surface area contributed by atoms with E-state index in [-0.39, 0.29) is 11.5 Å². The number of carboxylic acid groups (broad SMARTS) is 1. The lowest BCUT2D eigenvalue weighted by atomic mass is 10.4. The Kier molecular flexibility index (Phi) is 4.12. The minimum Gasteiger partial charge on any atom is -0.475 e. The fourth-order valence-electron chi connectivity index (χ4n) is 1.16. The van der Waals surface area contributed by atoms with Crippen LogP contribution in [0.3, 0.4) is 0 Å². The minimum atomic E-state index is -3.67. The van der Waals surface area contributed by atoms with Crippen LogP contribution in [0, 0.1) is 0 Å². The second-order valence-corrected chi connectivity index (χ2v) is 5.96. The molecule has 1 heterocycles. The summed E-state index contributed by atoms with van der Waals surface area (Å²) in [5.41, 5.74) is 0. The predicted octanol–water partition coefficient (Wildman–Crippen LogP) is -0.0192. The molecule has 0 spiro atoms. The highest BCUT2D eigenvalue weighted by atomic mass is 32.2. The van der Waals surface area contributed by atoms with Gasteiger partial charge in [-0.1, -0.05) is 0 Å². The van der Waals surface area contributed by atoms with E-state index in [0.29, 0.717) is 0 Å². The smallest absolute Gasteiger partial charge is 0.371 e. The molecule has 100 valence electrons. The van der Waals surface area contributed by atoms with Gasteiger partial charge in [0.1, 0.15) is 17.3 Å². The number of hydrogen-bond donors (Lipinski definition) is 1. The van der Waals surface area contributed by atoms with Gasteiger partial charge in [0, 0.05) is 14.1 Å². The maximum Gasteiger partial charge on any atom is 0.371 e. The van der Waals surface area contributed by atoms with Crippen molar-refractivity contribution in [3.05, 3.63) is 23.7 Å². The molecule has 1 aromatic heterocycles. The van der Waals surface area contributed by atoms with Crippen molar-refractivity contribution in [3.8, 4) is 0 Å². The van der Waals surface area contributed by atoms with Gasteiger partial charge in [-0.05, 0) is 12.1 Å². The van der Waals surface area contributed by atoms with E-state index in [2.05, 4.69) is 0 Å². The molecule has 0 unspecified atom stereocenters. The maximum absolute atomic E-state index is 11.6. The summed E-state index contributed by atoms with van der Waals surface area (Å²) in [5, 5.41) is 8.61. The summed E-state index contributed by atoms with van der Waals surface area (Å²) < 4.78 is 28.1. The van der Waals surface area contributed by atoms with Gasteiger partial charge in [0.25, 0.3) is 0 Å². The van der Waals surface area contributed by atoms with Crippen LogP contribution < -0.4 is 0 Å².